The number of amides is 1. The average molecular weight is 420 g/mol. The predicted molar refractivity (Wildman–Crippen MR) is 124 cm³/mol. The van der Waals surface area contributed by atoms with E-state index >= 15 is 0 Å². The normalized spacial score (nSPS) is 16.3. The van der Waals surface area contributed by atoms with Crippen molar-refractivity contribution in [2.75, 3.05) is 14.2 Å². The van der Waals surface area contributed by atoms with Crippen molar-refractivity contribution in [3.05, 3.63) is 68.6 Å². The number of rotatable bonds is 5. The first kappa shape index (κ1) is 22.4. The highest BCUT2D eigenvalue weighted by Crippen LogP contribution is 2.52. The minimum atomic E-state index is -0.596. The number of ether oxygens (including phenoxy) is 2. The highest BCUT2D eigenvalue weighted by atomic mass is 16.5. The molecular formula is C25H29N3O3. The summed E-state index contributed by atoms with van der Waals surface area (Å²) in [5.41, 5.74) is 13.1. The lowest BCUT2D eigenvalue weighted by Gasteiger charge is -2.43. The molecule has 0 spiro atoms. The molecule has 0 N–H and O–H groups in total. The van der Waals surface area contributed by atoms with Crippen LogP contribution in [-0.4, -0.2) is 20.1 Å². The summed E-state index contributed by atoms with van der Waals surface area (Å²) in [5, 5.41) is 3.12. The van der Waals surface area contributed by atoms with Gasteiger partial charge in [-0.05, 0) is 57.6 Å². The second kappa shape index (κ2) is 8.48. The zero-order chi connectivity index (χ0) is 22.8. The monoisotopic (exact) mass is 419 g/mol. The molecule has 6 nitrogen and oxygen atoms in total. The summed E-state index contributed by atoms with van der Waals surface area (Å²) < 4.78 is 11.7. The Balaban J connectivity index is 2.09. The van der Waals surface area contributed by atoms with Gasteiger partial charge in [0.1, 0.15) is 11.5 Å². The third kappa shape index (κ3) is 4.30. The number of methoxy groups -OCH3 is 2. The van der Waals surface area contributed by atoms with Gasteiger partial charge in [0.2, 0.25) is 5.91 Å². The van der Waals surface area contributed by atoms with Gasteiger partial charge in [0.15, 0.2) is 0 Å². The third-order valence-corrected chi connectivity index (χ3v) is 6.22. The minimum Gasteiger partial charge on any atom is -0.496 e. The van der Waals surface area contributed by atoms with E-state index in [1.165, 1.54) is 11.1 Å². The van der Waals surface area contributed by atoms with Crippen molar-refractivity contribution in [2.45, 2.75) is 51.4 Å². The maximum Gasteiger partial charge on any atom is 0.249 e. The molecule has 0 bridgehead atoms. The van der Waals surface area contributed by atoms with Gasteiger partial charge in [-0.2, -0.15) is 0 Å². The summed E-state index contributed by atoms with van der Waals surface area (Å²) in [6.45, 7) is 9.08. The molecule has 0 saturated carbocycles. The number of fused-ring (bicyclic) bond motifs is 1. The van der Waals surface area contributed by atoms with Crippen LogP contribution in [0.4, 0.5) is 0 Å². The summed E-state index contributed by atoms with van der Waals surface area (Å²) >= 11 is 0. The van der Waals surface area contributed by atoms with Gasteiger partial charge in [0, 0.05) is 16.0 Å². The van der Waals surface area contributed by atoms with Gasteiger partial charge in [0.25, 0.3) is 0 Å². The van der Waals surface area contributed by atoms with Gasteiger partial charge in [0.05, 0.1) is 19.8 Å². The lowest BCUT2D eigenvalue weighted by molar-refractivity contribution is 0.100. The summed E-state index contributed by atoms with van der Waals surface area (Å²) in [4.78, 5) is 14.2. The van der Waals surface area contributed by atoms with Crippen LogP contribution in [0.3, 0.4) is 0 Å². The van der Waals surface area contributed by atoms with E-state index in [4.69, 9.17) is 15.0 Å². The van der Waals surface area contributed by atoms with Crippen molar-refractivity contribution in [3.63, 3.8) is 0 Å². The lowest BCUT2D eigenvalue weighted by atomic mass is 9.62. The highest BCUT2D eigenvalue weighted by Gasteiger charge is 2.40. The largest absolute Gasteiger partial charge is 0.496 e. The van der Waals surface area contributed by atoms with Crippen LogP contribution < -0.4 is 9.47 Å². The number of carbonyl (C=O) groups excluding carboxylic acids is 1. The van der Waals surface area contributed by atoms with Gasteiger partial charge < -0.3 is 9.47 Å². The average Bonchev–Trinajstić information content (AvgIpc) is 2.75. The van der Waals surface area contributed by atoms with Gasteiger partial charge in [-0.1, -0.05) is 58.0 Å². The zero-order valence-electron chi connectivity index (χ0n) is 19.0. The quantitative estimate of drug-likeness (QED) is 0.235. The number of benzene rings is 2. The molecule has 0 radical (unpaired) electrons. The Morgan fingerprint density at radius 1 is 1.03 bits per heavy atom. The first-order valence-corrected chi connectivity index (χ1v) is 10.3. The maximum absolute atomic E-state index is 11.7. The Morgan fingerprint density at radius 2 is 1.68 bits per heavy atom. The van der Waals surface area contributed by atoms with Crippen LogP contribution in [0.25, 0.3) is 22.6 Å². The Labute approximate surface area is 183 Å². The lowest BCUT2D eigenvalue weighted by Crippen LogP contribution is -2.34. The SMILES string of the molecule is COc1cc2c(c(OC)c1/C=C/c1ccc(C(=O)N=[N+]=[N-])cc1)C(C)(C)CCC2(C)C. The predicted octanol–water partition coefficient (Wildman–Crippen LogP) is 6.67. The fourth-order valence-electron chi connectivity index (χ4n) is 4.29. The van der Waals surface area contributed by atoms with E-state index in [2.05, 4.69) is 43.8 Å². The summed E-state index contributed by atoms with van der Waals surface area (Å²) in [5.74, 6) is 1.02. The van der Waals surface area contributed by atoms with Crippen molar-refractivity contribution >= 4 is 18.1 Å². The smallest absolute Gasteiger partial charge is 0.249 e. The van der Waals surface area contributed by atoms with Crippen molar-refractivity contribution in [1.82, 2.24) is 0 Å². The molecule has 2 aromatic rings. The molecule has 0 unspecified atom stereocenters. The van der Waals surface area contributed by atoms with Crippen LogP contribution >= 0.6 is 0 Å². The van der Waals surface area contributed by atoms with Crippen LogP contribution in [-0.2, 0) is 10.8 Å². The highest BCUT2D eigenvalue weighted by molar-refractivity contribution is 5.95. The first-order chi connectivity index (χ1) is 14.6. The Kier molecular flexibility index (Phi) is 6.14. The molecule has 0 aliphatic heterocycles. The zero-order valence-corrected chi connectivity index (χ0v) is 19.0. The van der Waals surface area contributed by atoms with E-state index < -0.39 is 5.91 Å². The van der Waals surface area contributed by atoms with E-state index in [1.807, 2.05) is 12.2 Å². The summed E-state index contributed by atoms with van der Waals surface area (Å²) in [7, 11) is 3.38. The fourth-order valence-corrected chi connectivity index (χ4v) is 4.29. The van der Waals surface area contributed by atoms with Crippen LogP contribution in [0.2, 0.25) is 0 Å². The van der Waals surface area contributed by atoms with E-state index in [0.29, 0.717) is 5.56 Å². The van der Waals surface area contributed by atoms with Gasteiger partial charge >= 0.3 is 0 Å². The maximum atomic E-state index is 11.7. The molecule has 31 heavy (non-hydrogen) atoms. The molecule has 0 aromatic heterocycles. The Bertz CT molecular complexity index is 1080. The number of nitrogens with zero attached hydrogens (tertiary/aromatic N) is 3. The van der Waals surface area contributed by atoms with Crippen molar-refractivity contribution in [2.24, 2.45) is 5.11 Å². The van der Waals surface area contributed by atoms with E-state index in [0.717, 1.165) is 35.5 Å². The Hall–Kier alpha value is -3.24. The molecule has 3 rings (SSSR count). The minimum absolute atomic E-state index is 0.00563. The molecule has 0 atom stereocenters. The molecule has 1 aliphatic rings. The summed E-state index contributed by atoms with van der Waals surface area (Å²) in [6, 6.07) is 9.05. The van der Waals surface area contributed by atoms with Crippen LogP contribution in [0.1, 0.15) is 73.1 Å². The van der Waals surface area contributed by atoms with E-state index in [-0.39, 0.29) is 10.8 Å². The topological polar surface area (TPSA) is 84.3 Å². The first-order valence-electron chi connectivity index (χ1n) is 10.3. The van der Waals surface area contributed by atoms with Gasteiger partial charge in [-0.3, -0.25) is 4.79 Å². The second-order valence-corrected chi connectivity index (χ2v) is 9.17. The van der Waals surface area contributed by atoms with Crippen LogP contribution in [0.15, 0.2) is 35.4 Å². The molecule has 2 aromatic carbocycles. The Morgan fingerprint density at radius 3 is 2.26 bits per heavy atom. The molecular weight excluding hydrogens is 390 g/mol. The van der Waals surface area contributed by atoms with E-state index in [1.54, 1.807) is 38.5 Å². The number of hydrogen-bond acceptors (Lipinski definition) is 3. The second-order valence-electron chi connectivity index (χ2n) is 9.17. The standard InChI is InChI=1S/C25H29N3O3/c1-24(2)13-14-25(3,4)21-19(24)15-20(30-5)18(22(21)31-6)12-9-16-7-10-17(11-8-16)23(29)27-28-26/h7-12,15H,13-14H2,1-6H3/b12-9+. The van der Waals surface area contributed by atoms with E-state index in [9.17, 15) is 4.79 Å². The molecule has 0 heterocycles. The van der Waals surface area contributed by atoms with Crippen LogP contribution in [0, 0.1) is 0 Å². The molecule has 1 aliphatic carbocycles. The fraction of sp³-hybridized carbons (Fsp3) is 0.400. The number of azide groups is 1. The third-order valence-electron chi connectivity index (χ3n) is 6.22. The number of hydrogen-bond donors (Lipinski definition) is 0. The molecule has 0 fully saturated rings. The summed E-state index contributed by atoms with van der Waals surface area (Å²) in [6.07, 6.45) is 6.13. The van der Waals surface area contributed by atoms with Gasteiger partial charge in [-0.15, -0.1) is 0 Å². The van der Waals surface area contributed by atoms with Crippen molar-refractivity contribution < 1.29 is 14.3 Å². The molecule has 6 heteroatoms. The number of carbonyl (C=O) groups is 1. The molecule has 1 amide bonds. The molecule has 0 saturated heterocycles. The molecule has 162 valence electrons. The van der Waals surface area contributed by atoms with Crippen molar-refractivity contribution in [1.29, 1.82) is 0 Å². The van der Waals surface area contributed by atoms with Gasteiger partial charge in [-0.25, -0.2) is 0 Å². The van der Waals surface area contributed by atoms with Crippen molar-refractivity contribution in [3.8, 4) is 11.5 Å². The van der Waals surface area contributed by atoms with Crippen LogP contribution in [0.5, 0.6) is 11.5 Å².